The largest absolute Gasteiger partial charge is 0.338 e. The molecule has 92 valence electrons. The van der Waals surface area contributed by atoms with Crippen molar-refractivity contribution >= 4 is 11.7 Å². The van der Waals surface area contributed by atoms with E-state index >= 15 is 0 Å². The molecule has 1 fully saturated rings. The number of hydrogen-bond acceptors (Lipinski definition) is 2. The van der Waals surface area contributed by atoms with E-state index in [-0.39, 0.29) is 6.03 Å². The van der Waals surface area contributed by atoms with Crippen molar-refractivity contribution in [1.82, 2.24) is 10.6 Å². The van der Waals surface area contributed by atoms with Crippen molar-refractivity contribution < 1.29 is 4.79 Å². The fourth-order valence-electron chi connectivity index (χ4n) is 2.06. The third-order valence-corrected chi connectivity index (χ3v) is 2.97. The summed E-state index contributed by atoms with van der Waals surface area (Å²) in [5.41, 5.74) is 0.823. The second-order valence-corrected chi connectivity index (χ2v) is 4.33. The van der Waals surface area contributed by atoms with Crippen LogP contribution in [-0.4, -0.2) is 25.2 Å². The molecule has 2 amide bonds. The van der Waals surface area contributed by atoms with E-state index in [0.717, 1.165) is 25.2 Å². The Bertz CT molecular complexity index is 347. The van der Waals surface area contributed by atoms with Gasteiger partial charge in [0.05, 0.1) is 0 Å². The Hall–Kier alpha value is -1.55. The van der Waals surface area contributed by atoms with Gasteiger partial charge in [0, 0.05) is 18.3 Å². The molecule has 4 nitrogen and oxygen atoms in total. The molecular weight excluding hydrogens is 214 g/mol. The fraction of sp³-hybridized carbons (Fsp3) is 0.462. The van der Waals surface area contributed by atoms with Crippen LogP contribution in [0.1, 0.15) is 19.3 Å². The van der Waals surface area contributed by atoms with Crippen molar-refractivity contribution in [2.24, 2.45) is 0 Å². The standard InChI is InChI=1S/C13H19N3O/c17-13(16-12-5-2-1-3-6-12)15-10-8-11-7-4-9-14-11/h1-3,5-6,11,14H,4,7-10H2,(H2,15,16,17)/t11-/m0/s1. The van der Waals surface area contributed by atoms with Crippen LogP contribution >= 0.6 is 0 Å². The number of nitrogens with one attached hydrogen (secondary N) is 3. The van der Waals surface area contributed by atoms with Crippen LogP contribution in [0.4, 0.5) is 10.5 Å². The number of hydrogen-bond donors (Lipinski definition) is 3. The van der Waals surface area contributed by atoms with Gasteiger partial charge in [0.2, 0.25) is 0 Å². The first kappa shape index (κ1) is 11.9. The highest BCUT2D eigenvalue weighted by Crippen LogP contribution is 2.08. The monoisotopic (exact) mass is 233 g/mol. The second kappa shape index (κ2) is 6.25. The molecule has 1 aliphatic heterocycles. The summed E-state index contributed by atoms with van der Waals surface area (Å²) in [6.45, 7) is 1.83. The topological polar surface area (TPSA) is 53.2 Å². The summed E-state index contributed by atoms with van der Waals surface area (Å²) >= 11 is 0. The van der Waals surface area contributed by atoms with Gasteiger partial charge in [-0.05, 0) is 37.9 Å². The molecule has 0 aliphatic carbocycles. The van der Waals surface area contributed by atoms with Crippen molar-refractivity contribution in [3.8, 4) is 0 Å². The molecule has 0 radical (unpaired) electrons. The van der Waals surface area contributed by atoms with Gasteiger partial charge in [0.25, 0.3) is 0 Å². The molecule has 1 heterocycles. The molecule has 0 spiro atoms. The van der Waals surface area contributed by atoms with Crippen LogP contribution in [0.3, 0.4) is 0 Å². The molecule has 0 bridgehead atoms. The summed E-state index contributed by atoms with van der Waals surface area (Å²) in [4.78, 5) is 11.5. The van der Waals surface area contributed by atoms with Crippen molar-refractivity contribution in [2.75, 3.05) is 18.4 Å². The Balaban J connectivity index is 1.64. The molecule has 3 N–H and O–H groups in total. The quantitative estimate of drug-likeness (QED) is 0.744. The first-order chi connectivity index (χ1) is 8.34. The minimum atomic E-state index is -0.130. The van der Waals surface area contributed by atoms with E-state index in [9.17, 15) is 4.79 Å². The molecule has 1 atom stereocenters. The lowest BCUT2D eigenvalue weighted by Gasteiger charge is -2.11. The van der Waals surface area contributed by atoms with Crippen LogP contribution in [0, 0.1) is 0 Å². The zero-order chi connectivity index (χ0) is 11.9. The second-order valence-electron chi connectivity index (χ2n) is 4.33. The van der Waals surface area contributed by atoms with E-state index in [2.05, 4.69) is 16.0 Å². The van der Waals surface area contributed by atoms with Crippen LogP contribution in [0.5, 0.6) is 0 Å². The highest BCUT2D eigenvalue weighted by molar-refractivity contribution is 5.89. The number of carbonyl (C=O) groups is 1. The Morgan fingerprint density at radius 2 is 2.18 bits per heavy atom. The first-order valence-electron chi connectivity index (χ1n) is 6.18. The van der Waals surface area contributed by atoms with Gasteiger partial charge in [-0.25, -0.2) is 4.79 Å². The fourth-order valence-corrected chi connectivity index (χ4v) is 2.06. The number of carbonyl (C=O) groups excluding carboxylic acids is 1. The molecule has 1 aliphatic rings. The van der Waals surface area contributed by atoms with Gasteiger partial charge in [-0.3, -0.25) is 0 Å². The summed E-state index contributed by atoms with van der Waals surface area (Å²) in [5.74, 6) is 0. The predicted molar refractivity (Wildman–Crippen MR) is 69.1 cm³/mol. The lowest BCUT2D eigenvalue weighted by atomic mass is 10.1. The highest BCUT2D eigenvalue weighted by atomic mass is 16.2. The normalized spacial score (nSPS) is 18.9. The number of anilines is 1. The molecule has 0 unspecified atom stereocenters. The molecular formula is C13H19N3O. The van der Waals surface area contributed by atoms with Crippen molar-refractivity contribution in [3.63, 3.8) is 0 Å². The number of para-hydroxylation sites is 1. The molecule has 17 heavy (non-hydrogen) atoms. The molecule has 0 saturated carbocycles. The van der Waals surface area contributed by atoms with Gasteiger partial charge in [0.1, 0.15) is 0 Å². The summed E-state index contributed by atoms with van der Waals surface area (Å²) in [6.07, 6.45) is 3.48. The Morgan fingerprint density at radius 1 is 1.35 bits per heavy atom. The van der Waals surface area contributed by atoms with Gasteiger partial charge in [0.15, 0.2) is 0 Å². The lowest BCUT2D eigenvalue weighted by molar-refractivity contribution is 0.251. The summed E-state index contributed by atoms with van der Waals surface area (Å²) in [5, 5.41) is 9.07. The third kappa shape index (κ3) is 4.07. The van der Waals surface area contributed by atoms with Gasteiger partial charge in [-0.15, -0.1) is 0 Å². The molecule has 0 aromatic heterocycles. The van der Waals surface area contributed by atoms with Crippen LogP contribution in [0.15, 0.2) is 30.3 Å². The van der Waals surface area contributed by atoms with Crippen molar-refractivity contribution in [2.45, 2.75) is 25.3 Å². The minimum absolute atomic E-state index is 0.130. The van der Waals surface area contributed by atoms with Gasteiger partial charge >= 0.3 is 6.03 Å². The van der Waals surface area contributed by atoms with E-state index in [4.69, 9.17) is 0 Å². The summed E-state index contributed by atoms with van der Waals surface area (Å²) in [6, 6.07) is 9.92. The van der Waals surface area contributed by atoms with Crippen LogP contribution in [0.25, 0.3) is 0 Å². The van der Waals surface area contributed by atoms with Crippen molar-refractivity contribution in [1.29, 1.82) is 0 Å². The average Bonchev–Trinajstić information content (AvgIpc) is 2.83. The van der Waals surface area contributed by atoms with E-state index in [1.54, 1.807) is 0 Å². The lowest BCUT2D eigenvalue weighted by Crippen LogP contribution is -2.33. The van der Waals surface area contributed by atoms with Gasteiger partial charge < -0.3 is 16.0 Å². The zero-order valence-electron chi connectivity index (χ0n) is 9.91. The minimum Gasteiger partial charge on any atom is -0.338 e. The maximum absolute atomic E-state index is 11.5. The van der Waals surface area contributed by atoms with Crippen LogP contribution < -0.4 is 16.0 Å². The van der Waals surface area contributed by atoms with E-state index in [1.165, 1.54) is 12.8 Å². The number of benzene rings is 1. The molecule has 4 heteroatoms. The number of rotatable bonds is 4. The SMILES string of the molecule is O=C(NCC[C@@H]1CCCN1)Nc1ccccc1. The molecule has 1 aromatic rings. The van der Waals surface area contributed by atoms with Crippen LogP contribution in [-0.2, 0) is 0 Å². The van der Waals surface area contributed by atoms with Crippen molar-refractivity contribution in [3.05, 3.63) is 30.3 Å². The van der Waals surface area contributed by atoms with Gasteiger partial charge in [-0.1, -0.05) is 18.2 Å². The molecule has 1 aromatic carbocycles. The Morgan fingerprint density at radius 3 is 2.88 bits per heavy atom. The summed E-state index contributed by atoms with van der Waals surface area (Å²) < 4.78 is 0. The Labute approximate surface area is 102 Å². The highest BCUT2D eigenvalue weighted by Gasteiger charge is 2.13. The average molecular weight is 233 g/mol. The molecule has 2 rings (SSSR count). The van der Waals surface area contributed by atoms with Crippen LogP contribution in [0.2, 0.25) is 0 Å². The molecule has 1 saturated heterocycles. The van der Waals surface area contributed by atoms with E-state index in [0.29, 0.717) is 6.04 Å². The predicted octanol–water partition coefficient (Wildman–Crippen LogP) is 1.95. The first-order valence-corrected chi connectivity index (χ1v) is 6.18. The maximum Gasteiger partial charge on any atom is 0.319 e. The van der Waals surface area contributed by atoms with E-state index < -0.39 is 0 Å². The van der Waals surface area contributed by atoms with Gasteiger partial charge in [-0.2, -0.15) is 0 Å². The smallest absolute Gasteiger partial charge is 0.319 e. The zero-order valence-corrected chi connectivity index (χ0v) is 9.91. The Kier molecular flexibility index (Phi) is 4.38. The maximum atomic E-state index is 11.5. The van der Waals surface area contributed by atoms with E-state index in [1.807, 2.05) is 30.3 Å². The summed E-state index contributed by atoms with van der Waals surface area (Å²) in [7, 11) is 0. The third-order valence-electron chi connectivity index (χ3n) is 2.97. The number of amides is 2. The number of urea groups is 1.